The molecule has 128 valence electrons. The van der Waals surface area contributed by atoms with Crippen LogP contribution in [0.4, 0.5) is 0 Å². The van der Waals surface area contributed by atoms with Crippen molar-refractivity contribution in [2.75, 3.05) is 13.1 Å². The molecule has 24 heavy (non-hydrogen) atoms. The first kappa shape index (κ1) is 15.4. The summed E-state index contributed by atoms with van der Waals surface area (Å²) in [6, 6.07) is 0.250. The van der Waals surface area contributed by atoms with Gasteiger partial charge in [-0.1, -0.05) is 5.16 Å². The van der Waals surface area contributed by atoms with E-state index in [9.17, 15) is 4.79 Å². The number of carbonyl (C=O) groups is 1. The molecule has 2 aromatic heterocycles. The van der Waals surface area contributed by atoms with E-state index in [1.807, 2.05) is 24.9 Å². The van der Waals surface area contributed by atoms with Crippen LogP contribution in [0.2, 0.25) is 0 Å². The van der Waals surface area contributed by atoms with Gasteiger partial charge in [0.2, 0.25) is 5.91 Å². The number of hydrogen-bond acceptors (Lipinski definition) is 5. The van der Waals surface area contributed by atoms with E-state index >= 15 is 0 Å². The molecule has 3 fully saturated rings. The van der Waals surface area contributed by atoms with Gasteiger partial charge in [0.15, 0.2) is 0 Å². The topological polar surface area (TPSA) is 78.3 Å². The van der Waals surface area contributed by atoms with E-state index in [0.717, 1.165) is 55.3 Å². The van der Waals surface area contributed by atoms with Gasteiger partial charge in [0.05, 0.1) is 24.7 Å². The van der Waals surface area contributed by atoms with Crippen LogP contribution in [0.15, 0.2) is 16.9 Å². The van der Waals surface area contributed by atoms with Crippen molar-refractivity contribution in [1.82, 2.24) is 24.9 Å². The first-order valence-electron chi connectivity index (χ1n) is 8.54. The van der Waals surface area contributed by atoms with E-state index in [-0.39, 0.29) is 17.9 Å². The fourth-order valence-electron chi connectivity index (χ4n) is 3.96. The number of aromatic amines is 1. The van der Waals surface area contributed by atoms with Crippen LogP contribution in [0, 0.1) is 19.8 Å². The smallest absolute Gasteiger partial charge is 0.227 e. The highest BCUT2D eigenvalue weighted by atomic mass is 16.5. The molecule has 3 aliphatic rings. The third-order valence-electron chi connectivity index (χ3n) is 5.31. The van der Waals surface area contributed by atoms with Crippen molar-refractivity contribution in [3.05, 3.63) is 35.2 Å². The molecule has 5 heterocycles. The molecule has 0 unspecified atom stereocenters. The summed E-state index contributed by atoms with van der Waals surface area (Å²) in [4.78, 5) is 24.8. The van der Waals surface area contributed by atoms with Gasteiger partial charge in [0.25, 0.3) is 0 Å². The van der Waals surface area contributed by atoms with Crippen LogP contribution in [0.25, 0.3) is 0 Å². The summed E-state index contributed by atoms with van der Waals surface area (Å²) in [7, 11) is 0. The maximum Gasteiger partial charge on any atom is 0.227 e. The number of piperidine rings is 1. The van der Waals surface area contributed by atoms with Crippen molar-refractivity contribution in [3.63, 3.8) is 0 Å². The number of nitrogens with one attached hydrogen (secondary N) is 1. The number of rotatable bonds is 4. The van der Waals surface area contributed by atoms with Crippen LogP contribution in [-0.2, 0) is 17.9 Å². The summed E-state index contributed by atoms with van der Waals surface area (Å²) in [5.74, 6) is 2.13. The molecule has 1 N–H and O–H groups in total. The van der Waals surface area contributed by atoms with Gasteiger partial charge in [0.1, 0.15) is 11.6 Å². The fraction of sp³-hybridized carbons (Fsp3) is 0.588. The molecule has 5 rings (SSSR count). The molecule has 0 aliphatic carbocycles. The number of H-pyrrole nitrogens is 1. The largest absolute Gasteiger partial charge is 0.361 e. The minimum absolute atomic E-state index is 0.0826. The summed E-state index contributed by atoms with van der Waals surface area (Å²) in [6.07, 6.45) is 5.66. The van der Waals surface area contributed by atoms with E-state index in [1.54, 1.807) is 6.20 Å². The Kier molecular flexibility index (Phi) is 3.88. The van der Waals surface area contributed by atoms with E-state index < -0.39 is 0 Å². The first-order chi connectivity index (χ1) is 11.6. The van der Waals surface area contributed by atoms with Crippen molar-refractivity contribution in [3.8, 4) is 0 Å². The van der Waals surface area contributed by atoms with Crippen molar-refractivity contribution >= 4 is 5.91 Å². The van der Waals surface area contributed by atoms with E-state index in [4.69, 9.17) is 4.52 Å². The molecule has 7 heteroatoms. The lowest BCUT2D eigenvalue weighted by Gasteiger charge is -2.36. The van der Waals surface area contributed by atoms with Gasteiger partial charge in [0, 0.05) is 37.1 Å². The normalized spacial score (nSPS) is 24.6. The maximum absolute atomic E-state index is 12.9. The minimum atomic E-state index is 0.0826. The zero-order valence-corrected chi connectivity index (χ0v) is 14.2. The molecule has 2 bridgehead atoms. The second kappa shape index (κ2) is 6.05. The molecule has 0 saturated carbocycles. The Hall–Kier alpha value is -2.15. The van der Waals surface area contributed by atoms with Crippen molar-refractivity contribution in [1.29, 1.82) is 0 Å². The van der Waals surface area contributed by atoms with Gasteiger partial charge in [-0.3, -0.25) is 9.69 Å². The summed E-state index contributed by atoms with van der Waals surface area (Å²) in [6.45, 7) is 6.94. The minimum Gasteiger partial charge on any atom is -0.361 e. The van der Waals surface area contributed by atoms with E-state index in [1.165, 1.54) is 0 Å². The van der Waals surface area contributed by atoms with Crippen LogP contribution in [-0.4, -0.2) is 50.0 Å². The highest BCUT2D eigenvalue weighted by molar-refractivity contribution is 5.80. The Labute approximate surface area is 141 Å². The van der Waals surface area contributed by atoms with Crippen LogP contribution in [0.3, 0.4) is 0 Å². The lowest BCUT2D eigenvalue weighted by molar-refractivity contribution is -0.140. The predicted molar refractivity (Wildman–Crippen MR) is 86.9 cm³/mol. The van der Waals surface area contributed by atoms with Gasteiger partial charge in [-0.05, 0) is 26.7 Å². The summed E-state index contributed by atoms with van der Waals surface area (Å²) in [5, 5.41) is 4.02. The molecule has 7 nitrogen and oxygen atoms in total. The number of imidazole rings is 1. The van der Waals surface area contributed by atoms with Crippen LogP contribution < -0.4 is 0 Å². The quantitative estimate of drug-likeness (QED) is 0.922. The first-order valence-corrected chi connectivity index (χ1v) is 8.54. The summed E-state index contributed by atoms with van der Waals surface area (Å²) >= 11 is 0. The average Bonchev–Trinajstić information content (AvgIpc) is 3.08. The monoisotopic (exact) mass is 329 g/mol. The van der Waals surface area contributed by atoms with Crippen molar-refractivity contribution in [2.24, 2.45) is 5.92 Å². The average molecular weight is 329 g/mol. The lowest BCUT2D eigenvalue weighted by Crippen LogP contribution is -2.47. The molecule has 1 amide bonds. The SMILES string of the molecule is Cc1noc(C)c1CN1C(=O)[C@H]2CC[C@@H]1CN(Cc1ncc[nH]1)C2. The predicted octanol–water partition coefficient (Wildman–Crippen LogP) is 1.64. The standard InChI is InChI=1S/C17H23N5O2/c1-11-15(12(2)24-20-11)9-22-14-4-3-13(17(22)23)7-21(8-14)10-16-18-5-6-19-16/h5-6,13-14H,3-4,7-10H2,1-2H3,(H,18,19)/t13-,14+/m0/s1. The molecule has 3 saturated heterocycles. The highest BCUT2D eigenvalue weighted by Gasteiger charge is 2.41. The molecule has 3 aliphatic heterocycles. The number of fused-ring (bicyclic) bond motifs is 4. The second-order valence-electron chi connectivity index (χ2n) is 6.93. The molecular formula is C17H23N5O2. The zero-order chi connectivity index (χ0) is 16.7. The van der Waals surface area contributed by atoms with Gasteiger partial charge in [-0.25, -0.2) is 4.98 Å². The maximum atomic E-state index is 12.9. The lowest BCUT2D eigenvalue weighted by atomic mass is 9.93. The Morgan fingerprint density at radius 1 is 1.29 bits per heavy atom. The Balaban J connectivity index is 1.53. The molecule has 2 aromatic rings. The Morgan fingerprint density at radius 2 is 2.17 bits per heavy atom. The van der Waals surface area contributed by atoms with Crippen LogP contribution in [0.1, 0.15) is 35.7 Å². The van der Waals surface area contributed by atoms with Gasteiger partial charge in [-0.2, -0.15) is 0 Å². The number of amides is 1. The van der Waals surface area contributed by atoms with Crippen LogP contribution in [0.5, 0.6) is 0 Å². The van der Waals surface area contributed by atoms with Crippen molar-refractivity contribution < 1.29 is 9.32 Å². The van der Waals surface area contributed by atoms with Gasteiger partial charge >= 0.3 is 0 Å². The molecular weight excluding hydrogens is 306 g/mol. The number of carbonyl (C=O) groups excluding carboxylic acids is 1. The molecule has 0 spiro atoms. The zero-order valence-electron chi connectivity index (χ0n) is 14.2. The number of aromatic nitrogens is 3. The molecule has 0 aromatic carbocycles. The summed E-state index contributed by atoms with van der Waals surface area (Å²) in [5.41, 5.74) is 1.93. The second-order valence-corrected chi connectivity index (χ2v) is 6.93. The number of aryl methyl sites for hydroxylation is 2. The molecule has 0 radical (unpaired) electrons. The van der Waals surface area contributed by atoms with Gasteiger partial charge in [-0.15, -0.1) is 0 Å². The van der Waals surface area contributed by atoms with Crippen molar-refractivity contribution in [2.45, 2.75) is 45.8 Å². The Morgan fingerprint density at radius 3 is 2.88 bits per heavy atom. The van der Waals surface area contributed by atoms with Crippen LogP contribution >= 0.6 is 0 Å². The molecule has 2 atom stereocenters. The highest BCUT2D eigenvalue weighted by Crippen LogP contribution is 2.31. The third kappa shape index (κ3) is 2.73. The van der Waals surface area contributed by atoms with E-state index in [0.29, 0.717) is 6.54 Å². The van der Waals surface area contributed by atoms with Gasteiger partial charge < -0.3 is 14.4 Å². The Bertz CT molecular complexity index is 704. The number of hydrogen-bond donors (Lipinski definition) is 1. The summed E-state index contributed by atoms with van der Waals surface area (Å²) < 4.78 is 5.26. The fourth-order valence-corrected chi connectivity index (χ4v) is 3.96. The van der Waals surface area contributed by atoms with E-state index in [2.05, 4.69) is 20.0 Å². The number of nitrogens with zero attached hydrogens (tertiary/aromatic N) is 4. The third-order valence-corrected chi connectivity index (χ3v) is 5.31.